The predicted molar refractivity (Wildman–Crippen MR) is 101 cm³/mol. The Morgan fingerprint density at radius 2 is 1.77 bits per heavy atom. The summed E-state index contributed by atoms with van der Waals surface area (Å²) in [4.78, 5) is 23.1. The summed E-state index contributed by atoms with van der Waals surface area (Å²) in [5.41, 5.74) is 1.42. The molecule has 0 atom stereocenters. The van der Waals surface area contributed by atoms with Gasteiger partial charge in [-0.1, -0.05) is 29.8 Å². The number of aryl methyl sites for hydroxylation is 1. The van der Waals surface area contributed by atoms with E-state index in [-0.39, 0.29) is 13.0 Å². The molecule has 0 aliphatic heterocycles. The lowest BCUT2D eigenvalue weighted by Gasteiger charge is -2.20. The molecule has 0 radical (unpaired) electrons. The minimum atomic E-state index is -3.66. The Morgan fingerprint density at radius 1 is 1.15 bits per heavy atom. The molecule has 1 aromatic carbocycles. The second-order valence-electron chi connectivity index (χ2n) is 6.86. The minimum absolute atomic E-state index is 0.111. The molecule has 0 spiro atoms. The number of carbonyl (C=O) groups excluding carboxylic acids is 2. The van der Waals surface area contributed by atoms with Crippen LogP contribution in [-0.4, -0.2) is 39.0 Å². The summed E-state index contributed by atoms with van der Waals surface area (Å²) in [6, 6.07) is 7.37. The molecule has 0 saturated heterocycles. The number of nitrogens with one attached hydrogen (secondary N) is 2. The van der Waals surface area contributed by atoms with Crippen LogP contribution in [0.2, 0.25) is 0 Å². The van der Waals surface area contributed by atoms with Crippen molar-refractivity contribution in [3.63, 3.8) is 0 Å². The molecule has 144 valence electrons. The number of carbonyl (C=O) groups is 2. The average molecular weight is 382 g/mol. The number of ether oxygens (including phenoxy) is 1. The normalized spacial score (nSPS) is 12.2. The smallest absolute Gasteiger partial charge is 0.307 e. The van der Waals surface area contributed by atoms with E-state index in [4.69, 9.17) is 4.74 Å². The van der Waals surface area contributed by atoms with Gasteiger partial charge in [0.25, 0.3) is 5.91 Å². The van der Waals surface area contributed by atoms with Gasteiger partial charge >= 0.3 is 5.97 Å². The molecule has 0 aliphatic carbocycles. The molecule has 8 heteroatoms. The van der Waals surface area contributed by atoms with Crippen molar-refractivity contribution in [3.8, 4) is 0 Å². The van der Waals surface area contributed by atoms with Crippen LogP contribution < -0.4 is 10.0 Å². The molecule has 1 rings (SSSR count). The molecule has 2 N–H and O–H groups in total. The molecule has 0 heterocycles. The largest absolute Gasteiger partial charge is 0.456 e. The van der Waals surface area contributed by atoms with Crippen LogP contribution in [0.5, 0.6) is 0 Å². The molecule has 26 heavy (non-hydrogen) atoms. The van der Waals surface area contributed by atoms with Gasteiger partial charge < -0.3 is 10.1 Å². The molecule has 0 aromatic heterocycles. The van der Waals surface area contributed by atoms with Crippen molar-refractivity contribution in [2.45, 2.75) is 39.7 Å². The van der Waals surface area contributed by atoms with Gasteiger partial charge in [0.15, 0.2) is 6.61 Å². The molecule has 1 amide bonds. The Kier molecular flexibility index (Phi) is 7.98. The quantitative estimate of drug-likeness (QED) is 0.667. The van der Waals surface area contributed by atoms with Crippen LogP contribution in [0.4, 0.5) is 0 Å². The third-order valence-electron chi connectivity index (χ3n) is 3.03. The average Bonchev–Trinajstić information content (AvgIpc) is 2.51. The second-order valence-corrected chi connectivity index (χ2v) is 8.51. The molecule has 7 nitrogen and oxygen atoms in total. The third kappa shape index (κ3) is 9.95. The van der Waals surface area contributed by atoms with Crippen molar-refractivity contribution < 1.29 is 22.7 Å². The van der Waals surface area contributed by atoms with Crippen LogP contribution in [0.25, 0.3) is 6.08 Å². The number of sulfonamides is 1. The van der Waals surface area contributed by atoms with E-state index in [1.165, 1.54) is 6.08 Å². The fourth-order valence-corrected chi connectivity index (χ4v) is 2.68. The molecular formula is C18H26N2O5S. The van der Waals surface area contributed by atoms with Crippen LogP contribution in [0, 0.1) is 6.92 Å². The topological polar surface area (TPSA) is 102 Å². The maximum absolute atomic E-state index is 11.9. The van der Waals surface area contributed by atoms with Crippen LogP contribution >= 0.6 is 0 Å². The number of hydrogen-bond acceptors (Lipinski definition) is 5. The summed E-state index contributed by atoms with van der Waals surface area (Å²) in [5, 5.41) is 3.70. The summed E-state index contributed by atoms with van der Waals surface area (Å²) in [5.74, 6) is -1.06. The van der Waals surface area contributed by atoms with Gasteiger partial charge in [-0.25, -0.2) is 13.1 Å². The summed E-state index contributed by atoms with van der Waals surface area (Å²) < 4.78 is 30.8. The molecule has 0 aliphatic rings. The van der Waals surface area contributed by atoms with Gasteiger partial charge in [-0.3, -0.25) is 9.59 Å². The Morgan fingerprint density at radius 3 is 2.35 bits per heavy atom. The SMILES string of the molecule is Cc1ccc(/C=C/S(=O)(=O)NCCC(=O)OCC(=O)NC(C)(C)C)cc1. The van der Waals surface area contributed by atoms with Gasteiger partial charge in [-0.15, -0.1) is 0 Å². The fraction of sp³-hybridized carbons (Fsp3) is 0.444. The summed E-state index contributed by atoms with van der Waals surface area (Å²) in [6.07, 6.45) is 1.30. The zero-order chi connectivity index (χ0) is 19.8. The second kappa shape index (κ2) is 9.49. The van der Waals surface area contributed by atoms with E-state index in [1.54, 1.807) is 12.1 Å². The lowest BCUT2D eigenvalue weighted by molar-refractivity contribution is -0.148. The number of hydrogen-bond donors (Lipinski definition) is 2. The van der Waals surface area contributed by atoms with Gasteiger partial charge in [-0.2, -0.15) is 0 Å². The molecule has 0 saturated carbocycles. The van der Waals surface area contributed by atoms with E-state index < -0.39 is 34.0 Å². The lowest BCUT2D eigenvalue weighted by atomic mass is 10.1. The van der Waals surface area contributed by atoms with E-state index in [1.807, 2.05) is 39.8 Å². The first kappa shape index (κ1) is 21.9. The minimum Gasteiger partial charge on any atom is -0.456 e. The summed E-state index contributed by atoms with van der Waals surface area (Å²) in [7, 11) is -3.66. The fourth-order valence-electron chi connectivity index (χ4n) is 1.86. The van der Waals surface area contributed by atoms with Crippen LogP contribution in [0.15, 0.2) is 29.7 Å². The molecule has 0 bridgehead atoms. The lowest BCUT2D eigenvalue weighted by Crippen LogP contribution is -2.42. The molecule has 0 fully saturated rings. The number of rotatable bonds is 8. The van der Waals surface area contributed by atoms with E-state index in [0.717, 1.165) is 16.5 Å². The zero-order valence-electron chi connectivity index (χ0n) is 15.5. The van der Waals surface area contributed by atoms with E-state index >= 15 is 0 Å². The van der Waals surface area contributed by atoms with Crippen LogP contribution in [-0.2, 0) is 24.3 Å². The highest BCUT2D eigenvalue weighted by Crippen LogP contribution is 2.06. The first-order valence-electron chi connectivity index (χ1n) is 8.18. The van der Waals surface area contributed by atoms with Gasteiger partial charge in [0.2, 0.25) is 10.0 Å². The Balaban J connectivity index is 2.35. The van der Waals surface area contributed by atoms with Crippen molar-refractivity contribution >= 4 is 28.0 Å². The van der Waals surface area contributed by atoms with Gasteiger partial charge in [0.1, 0.15) is 0 Å². The number of amides is 1. The maximum Gasteiger partial charge on any atom is 0.307 e. The Labute approximate surface area is 154 Å². The number of esters is 1. The summed E-state index contributed by atoms with van der Waals surface area (Å²) in [6.45, 7) is 6.87. The first-order valence-corrected chi connectivity index (χ1v) is 9.72. The zero-order valence-corrected chi connectivity index (χ0v) is 16.4. The number of benzene rings is 1. The first-order chi connectivity index (χ1) is 12.0. The van der Waals surface area contributed by atoms with Gasteiger partial charge in [-0.05, 0) is 39.3 Å². The predicted octanol–water partition coefficient (Wildman–Crippen LogP) is 1.73. The van der Waals surface area contributed by atoms with Crippen molar-refractivity contribution in [1.82, 2.24) is 10.0 Å². The van der Waals surface area contributed by atoms with E-state index in [9.17, 15) is 18.0 Å². The van der Waals surface area contributed by atoms with Gasteiger partial charge in [0, 0.05) is 17.5 Å². The standard InChI is InChI=1S/C18H26N2O5S/c1-14-5-7-15(8-6-14)10-12-26(23,24)19-11-9-17(22)25-13-16(21)20-18(2,3)4/h5-8,10,12,19H,9,11,13H2,1-4H3,(H,20,21)/b12-10+. The highest BCUT2D eigenvalue weighted by atomic mass is 32.2. The van der Waals surface area contributed by atoms with Gasteiger partial charge in [0.05, 0.1) is 6.42 Å². The van der Waals surface area contributed by atoms with Crippen molar-refractivity contribution in [3.05, 3.63) is 40.8 Å². The molecule has 1 aromatic rings. The van der Waals surface area contributed by atoms with Crippen LogP contribution in [0.3, 0.4) is 0 Å². The van der Waals surface area contributed by atoms with Crippen molar-refractivity contribution in [2.75, 3.05) is 13.2 Å². The van der Waals surface area contributed by atoms with Crippen molar-refractivity contribution in [2.24, 2.45) is 0 Å². The monoisotopic (exact) mass is 382 g/mol. The van der Waals surface area contributed by atoms with E-state index in [2.05, 4.69) is 10.0 Å². The molecule has 0 unspecified atom stereocenters. The highest BCUT2D eigenvalue weighted by Gasteiger charge is 2.15. The Hall–Kier alpha value is -2.19. The van der Waals surface area contributed by atoms with Crippen molar-refractivity contribution in [1.29, 1.82) is 0 Å². The summed E-state index contributed by atoms with van der Waals surface area (Å²) >= 11 is 0. The van der Waals surface area contributed by atoms with E-state index in [0.29, 0.717) is 0 Å². The molecular weight excluding hydrogens is 356 g/mol. The third-order valence-corrected chi connectivity index (χ3v) is 4.13. The highest BCUT2D eigenvalue weighted by molar-refractivity contribution is 7.92. The van der Waals surface area contributed by atoms with Crippen LogP contribution in [0.1, 0.15) is 38.3 Å². The maximum atomic E-state index is 11.9. The Bertz CT molecular complexity index is 747.